The van der Waals surface area contributed by atoms with Crippen LogP contribution < -0.4 is 0 Å². The Morgan fingerprint density at radius 1 is 0.795 bits per heavy atom. The Hall–Kier alpha value is -3.94. The van der Waals surface area contributed by atoms with E-state index in [1.165, 1.54) is 28.1 Å². The Kier molecular flexibility index (Phi) is 9.43. The second kappa shape index (κ2) is 13.8. The Bertz CT molecular complexity index is 1680. The monoisotopic (exact) mass is 606 g/mol. The molecule has 0 radical (unpaired) electrons. The molecule has 4 aromatic carbocycles. The van der Waals surface area contributed by atoms with E-state index in [2.05, 4.69) is 37.3 Å². The number of benzene rings is 4. The van der Waals surface area contributed by atoms with Gasteiger partial charge in [-0.3, -0.25) is 4.79 Å². The fourth-order valence-corrected chi connectivity index (χ4v) is 6.59. The van der Waals surface area contributed by atoms with Crippen LogP contribution >= 0.6 is 11.3 Å². The second-order valence-electron chi connectivity index (χ2n) is 11.2. The van der Waals surface area contributed by atoms with Crippen LogP contribution in [-0.4, -0.2) is 24.1 Å². The molecule has 4 nitrogen and oxygen atoms in total. The number of carbonyl (C=O) groups is 1. The molecule has 1 saturated heterocycles. The van der Waals surface area contributed by atoms with Gasteiger partial charge in [-0.05, 0) is 71.5 Å². The van der Waals surface area contributed by atoms with Crippen LogP contribution in [0.5, 0.6) is 0 Å². The van der Waals surface area contributed by atoms with Crippen molar-refractivity contribution in [2.45, 2.75) is 57.9 Å². The van der Waals surface area contributed by atoms with Crippen molar-refractivity contribution in [3.8, 4) is 10.4 Å². The van der Waals surface area contributed by atoms with Crippen LogP contribution in [0.15, 0.2) is 115 Å². The normalized spacial score (nSPS) is 20.1. The Morgan fingerprint density at radius 2 is 1.45 bits per heavy atom. The molecule has 1 fully saturated rings. The van der Waals surface area contributed by atoms with Gasteiger partial charge in [-0.25, -0.2) is 4.39 Å². The van der Waals surface area contributed by atoms with E-state index in [1.807, 2.05) is 72.8 Å². The maximum Gasteiger partial charge on any atom is 0.192 e. The molecule has 44 heavy (non-hydrogen) atoms. The zero-order valence-corrected chi connectivity index (χ0v) is 25.6. The quantitative estimate of drug-likeness (QED) is 0.160. The lowest BCUT2D eigenvalue weighted by Gasteiger charge is -2.40. The summed E-state index contributed by atoms with van der Waals surface area (Å²) in [6.45, 7) is 4.53. The summed E-state index contributed by atoms with van der Waals surface area (Å²) in [6.07, 6.45) is -1.81. The van der Waals surface area contributed by atoms with Crippen LogP contribution in [0, 0.1) is 12.7 Å². The summed E-state index contributed by atoms with van der Waals surface area (Å²) in [6, 6.07) is 37.0. The number of ketones is 1. The zero-order chi connectivity index (χ0) is 30.5. The van der Waals surface area contributed by atoms with Crippen LogP contribution in [0.2, 0.25) is 0 Å². The van der Waals surface area contributed by atoms with Gasteiger partial charge < -0.3 is 14.2 Å². The van der Waals surface area contributed by atoms with Gasteiger partial charge in [0, 0.05) is 16.2 Å². The summed E-state index contributed by atoms with van der Waals surface area (Å²) in [5.74, 6) is -0.354. The molecule has 6 heteroatoms. The first-order valence-electron chi connectivity index (χ1n) is 14.9. The molecule has 1 aromatic heterocycles. The third kappa shape index (κ3) is 7.06. The van der Waals surface area contributed by atoms with Crippen molar-refractivity contribution < 1.29 is 23.4 Å². The molecular weight excluding hydrogens is 571 g/mol. The summed E-state index contributed by atoms with van der Waals surface area (Å²) in [5.41, 5.74) is 6.30. The van der Waals surface area contributed by atoms with Gasteiger partial charge in [-0.1, -0.05) is 91.0 Å². The molecule has 1 aliphatic heterocycles. The molecule has 0 bridgehead atoms. The molecule has 2 heterocycles. The van der Waals surface area contributed by atoms with Gasteiger partial charge in [0.15, 0.2) is 5.78 Å². The fraction of sp³-hybridized carbons (Fsp3) is 0.237. The average molecular weight is 607 g/mol. The number of hydrogen-bond donors (Lipinski definition) is 0. The molecule has 0 spiro atoms. The molecule has 224 valence electrons. The summed E-state index contributed by atoms with van der Waals surface area (Å²) in [7, 11) is 0. The molecule has 0 unspecified atom stereocenters. The SMILES string of the molecule is Cc1ccc([C@@H]2O[C@H](C)C(=O)[C@H](OCc3ccccc3)[C@H]2OCc2ccccc2)cc1Cc1ccc(-c2ccc(F)cc2)s1. The number of hydrogen-bond acceptors (Lipinski definition) is 5. The number of thiophene rings is 1. The minimum Gasteiger partial charge on any atom is -0.367 e. The van der Waals surface area contributed by atoms with E-state index >= 15 is 0 Å². The van der Waals surface area contributed by atoms with Crippen molar-refractivity contribution in [1.29, 1.82) is 0 Å². The van der Waals surface area contributed by atoms with Crippen LogP contribution in [0.25, 0.3) is 10.4 Å². The van der Waals surface area contributed by atoms with Crippen LogP contribution in [0.4, 0.5) is 4.39 Å². The van der Waals surface area contributed by atoms with Crippen molar-refractivity contribution in [3.63, 3.8) is 0 Å². The van der Waals surface area contributed by atoms with Crippen LogP contribution in [0.1, 0.15) is 45.7 Å². The third-order valence-electron chi connectivity index (χ3n) is 8.04. The van der Waals surface area contributed by atoms with Gasteiger partial charge in [0.2, 0.25) is 0 Å². The highest BCUT2D eigenvalue weighted by Crippen LogP contribution is 2.37. The Morgan fingerprint density at radius 3 is 2.14 bits per heavy atom. The topological polar surface area (TPSA) is 44.8 Å². The van der Waals surface area contributed by atoms with Crippen molar-refractivity contribution in [2.24, 2.45) is 0 Å². The van der Waals surface area contributed by atoms with Crippen molar-refractivity contribution >= 4 is 17.1 Å². The van der Waals surface area contributed by atoms with E-state index < -0.39 is 24.4 Å². The molecule has 0 amide bonds. The highest BCUT2D eigenvalue weighted by atomic mass is 32.1. The van der Waals surface area contributed by atoms with Gasteiger partial charge in [0.25, 0.3) is 0 Å². The number of ether oxygens (including phenoxy) is 3. The van der Waals surface area contributed by atoms with E-state index in [4.69, 9.17) is 14.2 Å². The van der Waals surface area contributed by atoms with Gasteiger partial charge in [-0.15, -0.1) is 11.3 Å². The summed E-state index contributed by atoms with van der Waals surface area (Å²) < 4.78 is 32.7. The summed E-state index contributed by atoms with van der Waals surface area (Å²) in [5, 5.41) is 0. The van der Waals surface area contributed by atoms with Gasteiger partial charge in [0.1, 0.15) is 30.2 Å². The Balaban J connectivity index is 1.27. The lowest BCUT2D eigenvalue weighted by atomic mass is 9.90. The first-order valence-corrected chi connectivity index (χ1v) is 15.7. The third-order valence-corrected chi connectivity index (χ3v) is 9.18. The molecule has 1 aliphatic rings. The second-order valence-corrected chi connectivity index (χ2v) is 12.4. The van der Waals surface area contributed by atoms with Crippen molar-refractivity contribution in [2.75, 3.05) is 0 Å². The van der Waals surface area contributed by atoms with E-state index in [1.54, 1.807) is 18.3 Å². The van der Waals surface area contributed by atoms with E-state index in [0.717, 1.165) is 33.6 Å². The minimum absolute atomic E-state index is 0.116. The molecule has 6 rings (SSSR count). The molecule has 0 aliphatic carbocycles. The highest BCUT2D eigenvalue weighted by molar-refractivity contribution is 7.15. The highest BCUT2D eigenvalue weighted by Gasteiger charge is 2.45. The molecule has 5 aromatic rings. The lowest BCUT2D eigenvalue weighted by molar-refractivity contribution is -0.204. The Labute approximate surface area is 262 Å². The first kappa shape index (κ1) is 30.1. The fourth-order valence-electron chi connectivity index (χ4n) is 5.55. The van der Waals surface area contributed by atoms with Gasteiger partial charge in [-0.2, -0.15) is 0 Å². The molecule has 4 atom stereocenters. The maximum absolute atomic E-state index is 13.5. The lowest BCUT2D eigenvalue weighted by Crippen LogP contribution is -2.52. The average Bonchev–Trinajstić information content (AvgIpc) is 3.52. The number of halogens is 1. The van der Waals surface area contributed by atoms with Crippen molar-refractivity contribution in [3.05, 3.63) is 154 Å². The van der Waals surface area contributed by atoms with E-state index in [-0.39, 0.29) is 11.6 Å². The molecule has 0 saturated carbocycles. The van der Waals surface area contributed by atoms with Gasteiger partial charge >= 0.3 is 0 Å². The largest absolute Gasteiger partial charge is 0.367 e. The number of rotatable bonds is 10. The predicted octanol–water partition coefficient (Wildman–Crippen LogP) is 8.65. The van der Waals surface area contributed by atoms with E-state index in [9.17, 15) is 9.18 Å². The van der Waals surface area contributed by atoms with Crippen LogP contribution in [0.3, 0.4) is 0 Å². The van der Waals surface area contributed by atoms with Crippen molar-refractivity contribution in [1.82, 2.24) is 0 Å². The van der Waals surface area contributed by atoms with Crippen LogP contribution in [-0.2, 0) is 38.6 Å². The zero-order valence-electron chi connectivity index (χ0n) is 24.8. The van der Waals surface area contributed by atoms with E-state index in [0.29, 0.717) is 13.2 Å². The summed E-state index contributed by atoms with van der Waals surface area (Å²) in [4.78, 5) is 15.8. The molecular formula is C38H35FO4S. The maximum atomic E-state index is 13.5. The standard InChI is InChI=1S/C38H35FO4S/c1-25-13-14-30(21-31(25)22-33-19-20-34(44-33)29-15-17-32(39)18-16-29)36-38(42-24-28-11-7-4-8-12-28)37(35(40)26(2)43-36)41-23-27-9-5-3-6-10-27/h3-21,26,36-38H,22-24H2,1-2H3/t26-,36+,37+,38+/m1/s1. The number of Topliss-reactive ketones (excluding diaryl/α,β-unsaturated/α-hetero) is 1. The smallest absolute Gasteiger partial charge is 0.192 e. The number of carbonyl (C=O) groups excluding carboxylic acids is 1. The minimum atomic E-state index is -0.784. The predicted molar refractivity (Wildman–Crippen MR) is 172 cm³/mol. The number of aryl methyl sites for hydroxylation is 1. The molecule has 0 N–H and O–H groups in total. The van der Waals surface area contributed by atoms with Gasteiger partial charge in [0.05, 0.1) is 13.2 Å². The summed E-state index contributed by atoms with van der Waals surface area (Å²) >= 11 is 1.71. The first-order chi connectivity index (χ1) is 21.4.